The molecule has 2 atom stereocenters. The third-order valence-corrected chi connectivity index (χ3v) is 8.56. The largest absolute Gasteiger partial charge is 0.368 e. The molecule has 32 heavy (non-hydrogen) atoms. The second kappa shape index (κ2) is 7.18. The zero-order valence-electron chi connectivity index (χ0n) is 17.8. The van der Waals surface area contributed by atoms with Crippen molar-refractivity contribution in [3.05, 3.63) is 79.3 Å². The lowest BCUT2D eigenvalue weighted by molar-refractivity contribution is 0.0827. The number of rotatable bonds is 4. The highest BCUT2D eigenvalue weighted by Crippen LogP contribution is 2.37. The fourth-order valence-electron chi connectivity index (χ4n) is 5.14. The van der Waals surface area contributed by atoms with Crippen molar-refractivity contribution in [2.24, 2.45) is 5.92 Å². The van der Waals surface area contributed by atoms with Crippen molar-refractivity contribution >= 4 is 26.6 Å². The van der Waals surface area contributed by atoms with Gasteiger partial charge >= 0.3 is 0 Å². The van der Waals surface area contributed by atoms with E-state index >= 15 is 0 Å². The third-order valence-electron chi connectivity index (χ3n) is 6.87. The summed E-state index contributed by atoms with van der Waals surface area (Å²) in [6.07, 6.45) is 5.46. The zero-order valence-corrected chi connectivity index (χ0v) is 18.6. The fraction of sp³-hybridized carbons (Fsp3) is 0.240. The normalized spacial score (nSPS) is 21.0. The van der Waals surface area contributed by atoms with E-state index < -0.39 is 10.0 Å². The first kappa shape index (κ1) is 19.5. The average molecular weight is 445 g/mol. The molecule has 0 aliphatic carbocycles. The van der Waals surface area contributed by atoms with Crippen LogP contribution in [0.1, 0.15) is 0 Å². The number of fused-ring (bicyclic) bond motifs is 2. The van der Waals surface area contributed by atoms with E-state index in [2.05, 4.69) is 27.9 Å². The van der Waals surface area contributed by atoms with Gasteiger partial charge in [-0.05, 0) is 31.3 Å². The first-order chi connectivity index (χ1) is 15.5. The summed E-state index contributed by atoms with van der Waals surface area (Å²) in [5.41, 5.74) is 3.55. The highest BCUT2D eigenvalue weighted by molar-refractivity contribution is 7.90. The van der Waals surface area contributed by atoms with Crippen molar-refractivity contribution in [1.82, 2.24) is 13.9 Å². The van der Waals surface area contributed by atoms with Gasteiger partial charge < -0.3 is 9.80 Å². The summed E-state index contributed by atoms with van der Waals surface area (Å²) in [5.74, 6) is 0.724. The lowest BCUT2D eigenvalue weighted by Crippen LogP contribution is -2.52. The summed E-state index contributed by atoms with van der Waals surface area (Å²) in [6, 6.07) is 19.0. The summed E-state index contributed by atoms with van der Waals surface area (Å²) < 4.78 is 28.2. The second-order valence-corrected chi connectivity index (χ2v) is 10.6. The summed E-state index contributed by atoms with van der Waals surface area (Å²) >= 11 is 0. The van der Waals surface area contributed by atoms with Crippen LogP contribution in [0.3, 0.4) is 0 Å². The Hall–Kier alpha value is -3.16. The van der Waals surface area contributed by atoms with Gasteiger partial charge in [-0.3, -0.25) is 4.98 Å². The molecule has 0 radical (unpaired) electrons. The third kappa shape index (κ3) is 2.96. The van der Waals surface area contributed by atoms with Crippen molar-refractivity contribution in [1.29, 1.82) is 0 Å². The number of benzene rings is 2. The number of pyridine rings is 1. The van der Waals surface area contributed by atoms with Crippen LogP contribution in [-0.2, 0) is 10.0 Å². The molecule has 0 unspecified atom stereocenters. The number of aromatic nitrogens is 2. The molecule has 2 aromatic carbocycles. The van der Waals surface area contributed by atoms with Gasteiger partial charge in [0.1, 0.15) is 0 Å². The van der Waals surface area contributed by atoms with E-state index in [9.17, 15) is 8.42 Å². The first-order valence-corrected chi connectivity index (χ1v) is 12.3. The molecule has 4 aromatic rings. The molecule has 0 saturated carbocycles. The summed E-state index contributed by atoms with van der Waals surface area (Å²) in [7, 11) is -1.53. The van der Waals surface area contributed by atoms with Crippen LogP contribution in [-0.4, -0.2) is 55.0 Å². The van der Waals surface area contributed by atoms with E-state index in [4.69, 9.17) is 0 Å². The molecule has 2 aromatic heterocycles. The van der Waals surface area contributed by atoms with Crippen LogP contribution in [0.5, 0.6) is 0 Å². The maximum atomic E-state index is 13.4. The minimum absolute atomic E-state index is 0.274. The lowest BCUT2D eigenvalue weighted by Gasteiger charge is -2.40. The number of likely N-dealkylation sites (N-methyl/N-ethyl adjacent to an activating group) is 1. The van der Waals surface area contributed by atoms with Crippen LogP contribution in [0.2, 0.25) is 0 Å². The quantitative estimate of drug-likeness (QED) is 0.481. The predicted molar refractivity (Wildman–Crippen MR) is 126 cm³/mol. The molecule has 4 heterocycles. The first-order valence-electron chi connectivity index (χ1n) is 10.8. The minimum atomic E-state index is -3.71. The topological polar surface area (TPSA) is 58.4 Å². The Bertz CT molecular complexity index is 1410. The number of hydrogen-bond donors (Lipinski definition) is 0. The van der Waals surface area contributed by atoms with E-state index in [1.54, 1.807) is 30.5 Å². The monoisotopic (exact) mass is 444 g/mol. The number of nitrogens with zero attached hydrogens (tertiary/aromatic N) is 4. The molecule has 162 valence electrons. The average Bonchev–Trinajstić information content (AvgIpc) is 3.38. The molecular weight excluding hydrogens is 420 g/mol. The molecule has 6 rings (SSSR count). The van der Waals surface area contributed by atoms with E-state index in [1.807, 2.05) is 42.7 Å². The van der Waals surface area contributed by atoms with Crippen LogP contribution >= 0.6 is 0 Å². The Morgan fingerprint density at radius 2 is 1.72 bits per heavy atom. The molecule has 2 aliphatic heterocycles. The van der Waals surface area contributed by atoms with Gasteiger partial charge in [0.25, 0.3) is 10.0 Å². The van der Waals surface area contributed by atoms with Crippen molar-refractivity contribution < 1.29 is 8.42 Å². The maximum absolute atomic E-state index is 13.4. The van der Waals surface area contributed by atoms with E-state index in [-0.39, 0.29) is 4.90 Å². The molecule has 2 aliphatic rings. The molecule has 0 bridgehead atoms. The van der Waals surface area contributed by atoms with E-state index in [1.165, 1.54) is 3.97 Å². The van der Waals surface area contributed by atoms with Gasteiger partial charge in [0.05, 0.1) is 22.3 Å². The van der Waals surface area contributed by atoms with Gasteiger partial charge in [0.2, 0.25) is 0 Å². The summed E-state index contributed by atoms with van der Waals surface area (Å²) in [6.45, 7) is 3.21. The van der Waals surface area contributed by atoms with Gasteiger partial charge in [-0.25, -0.2) is 12.4 Å². The smallest absolute Gasteiger partial charge is 0.268 e. The molecule has 0 amide bonds. The molecule has 2 fully saturated rings. The molecular formula is C25H24N4O2S. The zero-order chi connectivity index (χ0) is 21.9. The number of anilines is 1. The van der Waals surface area contributed by atoms with Crippen LogP contribution in [0.25, 0.3) is 22.0 Å². The van der Waals surface area contributed by atoms with Crippen LogP contribution in [0, 0.1) is 5.92 Å². The van der Waals surface area contributed by atoms with Crippen molar-refractivity contribution in [3.8, 4) is 11.1 Å². The van der Waals surface area contributed by atoms with Crippen molar-refractivity contribution in [2.45, 2.75) is 10.9 Å². The Morgan fingerprint density at radius 3 is 2.50 bits per heavy atom. The van der Waals surface area contributed by atoms with Crippen LogP contribution in [0.4, 0.5) is 5.69 Å². The summed E-state index contributed by atoms with van der Waals surface area (Å²) in [5, 5.41) is 0.896. The van der Waals surface area contributed by atoms with Crippen LogP contribution < -0.4 is 4.90 Å². The Balaban J connectivity index is 1.45. The Kier molecular flexibility index (Phi) is 4.38. The van der Waals surface area contributed by atoms with Gasteiger partial charge in [0, 0.05) is 60.5 Å². The Morgan fingerprint density at radius 1 is 0.938 bits per heavy atom. The van der Waals surface area contributed by atoms with Crippen molar-refractivity contribution in [3.63, 3.8) is 0 Å². The molecule has 2 saturated heterocycles. The lowest BCUT2D eigenvalue weighted by atomic mass is 9.93. The number of hydrogen-bond acceptors (Lipinski definition) is 5. The van der Waals surface area contributed by atoms with Crippen LogP contribution in [0.15, 0.2) is 84.1 Å². The van der Waals surface area contributed by atoms with Gasteiger partial charge in [-0.1, -0.05) is 36.4 Å². The SMILES string of the molecule is CN1C[C@@H]2CN(c3cncc(-c4cn(S(=O)(=O)c5ccccc5)c5ccccc45)c3)C[C@H]21. The highest BCUT2D eigenvalue weighted by Gasteiger charge is 2.43. The van der Waals surface area contributed by atoms with Gasteiger partial charge in [0.15, 0.2) is 0 Å². The second-order valence-electron chi connectivity index (χ2n) is 8.78. The van der Waals surface area contributed by atoms with E-state index in [0.717, 1.165) is 47.8 Å². The number of para-hydroxylation sites is 1. The predicted octanol–water partition coefficient (Wildman–Crippen LogP) is 3.69. The van der Waals surface area contributed by atoms with E-state index in [0.29, 0.717) is 11.6 Å². The maximum Gasteiger partial charge on any atom is 0.268 e. The Labute approximate surface area is 187 Å². The summed E-state index contributed by atoms with van der Waals surface area (Å²) in [4.78, 5) is 9.60. The van der Waals surface area contributed by atoms with Crippen molar-refractivity contribution in [2.75, 3.05) is 31.6 Å². The highest BCUT2D eigenvalue weighted by atomic mass is 32.2. The van der Waals surface area contributed by atoms with Gasteiger partial charge in [-0.15, -0.1) is 0 Å². The van der Waals surface area contributed by atoms with Gasteiger partial charge in [-0.2, -0.15) is 0 Å². The standard InChI is InChI=1S/C25H24N4O2S/c1-27-14-19-15-28(17-25(19)27)20-11-18(12-26-13-20)23-16-29(24-10-6-5-9-22(23)24)32(30,31)21-7-3-2-4-8-21/h2-13,16,19,25H,14-15,17H2,1H3/t19-,25-/m1/s1. The number of likely N-dealkylation sites (tertiary alicyclic amines) is 1. The molecule has 6 nitrogen and oxygen atoms in total. The molecule has 7 heteroatoms. The molecule has 0 spiro atoms. The minimum Gasteiger partial charge on any atom is -0.368 e. The fourth-order valence-corrected chi connectivity index (χ4v) is 6.53. The molecule has 0 N–H and O–H groups in total.